The SMILES string of the molecule is C[C@@H]1C[C@@H](C(=O)NCc2cc(Cl)ccc2-n2cnnn2)N(C(=O)[C@@H](O)CC2(C)CC2)C1. The number of aliphatic hydroxyl groups is 1. The molecule has 2 amide bonds. The van der Waals surface area contributed by atoms with Gasteiger partial charge in [-0.25, -0.2) is 4.68 Å². The first-order valence-electron chi connectivity index (χ1n) is 10.5. The fourth-order valence-corrected chi connectivity index (χ4v) is 4.39. The van der Waals surface area contributed by atoms with Gasteiger partial charge < -0.3 is 15.3 Å². The summed E-state index contributed by atoms with van der Waals surface area (Å²) < 4.78 is 1.50. The van der Waals surface area contributed by atoms with E-state index < -0.39 is 12.1 Å². The van der Waals surface area contributed by atoms with Crippen molar-refractivity contribution in [3.8, 4) is 5.69 Å². The van der Waals surface area contributed by atoms with E-state index in [2.05, 4.69) is 27.8 Å². The number of amides is 2. The van der Waals surface area contributed by atoms with Gasteiger partial charge in [-0.3, -0.25) is 9.59 Å². The van der Waals surface area contributed by atoms with Gasteiger partial charge in [-0.05, 0) is 71.2 Å². The van der Waals surface area contributed by atoms with Crippen LogP contribution in [0.2, 0.25) is 5.02 Å². The Kier molecular flexibility index (Phi) is 5.98. The standard InChI is InChI=1S/C21H27ClN6O3/c1-13-7-17(27(11-13)20(31)18(29)9-21(2)5-6-21)19(30)23-10-14-8-15(22)3-4-16(14)28-12-24-25-26-28/h3-4,8,12-13,17-18,29H,5-7,9-11H2,1-2H3,(H,23,30)/t13-,17+,18+/m1/s1. The van der Waals surface area contributed by atoms with Crippen molar-refractivity contribution in [3.63, 3.8) is 0 Å². The number of tetrazole rings is 1. The van der Waals surface area contributed by atoms with E-state index in [-0.39, 0.29) is 29.7 Å². The van der Waals surface area contributed by atoms with Crippen LogP contribution in [-0.2, 0) is 16.1 Å². The van der Waals surface area contributed by atoms with E-state index in [0.29, 0.717) is 30.1 Å². The van der Waals surface area contributed by atoms with E-state index in [1.165, 1.54) is 15.9 Å². The minimum atomic E-state index is -1.06. The van der Waals surface area contributed by atoms with Crippen LogP contribution in [0.3, 0.4) is 0 Å². The Morgan fingerprint density at radius 3 is 2.84 bits per heavy atom. The summed E-state index contributed by atoms with van der Waals surface area (Å²) in [6.07, 6.45) is 3.48. The predicted molar refractivity (Wildman–Crippen MR) is 113 cm³/mol. The lowest BCUT2D eigenvalue weighted by molar-refractivity contribution is -0.146. The fraction of sp³-hybridized carbons (Fsp3) is 0.571. The average molecular weight is 447 g/mol. The number of aliphatic hydroxyl groups excluding tert-OH is 1. The number of rotatable bonds is 7. The normalized spacial score (nSPS) is 22.9. The third-order valence-electron chi connectivity index (χ3n) is 6.26. The van der Waals surface area contributed by atoms with Crippen molar-refractivity contribution in [1.29, 1.82) is 0 Å². The second-order valence-electron chi connectivity index (χ2n) is 9.12. The van der Waals surface area contributed by atoms with Gasteiger partial charge in [-0.15, -0.1) is 5.10 Å². The van der Waals surface area contributed by atoms with Gasteiger partial charge in [0.25, 0.3) is 5.91 Å². The lowest BCUT2D eigenvalue weighted by Crippen LogP contribution is -2.49. The Morgan fingerprint density at radius 1 is 1.39 bits per heavy atom. The number of aromatic nitrogens is 4. The van der Waals surface area contributed by atoms with Crippen molar-refractivity contribution in [2.75, 3.05) is 6.54 Å². The van der Waals surface area contributed by atoms with Gasteiger partial charge in [0.15, 0.2) is 0 Å². The smallest absolute Gasteiger partial charge is 0.252 e. The zero-order valence-electron chi connectivity index (χ0n) is 17.7. The molecular weight excluding hydrogens is 420 g/mol. The first-order valence-corrected chi connectivity index (χ1v) is 10.9. The molecule has 1 saturated carbocycles. The highest BCUT2D eigenvalue weighted by Crippen LogP contribution is 2.49. The topological polar surface area (TPSA) is 113 Å². The zero-order valence-corrected chi connectivity index (χ0v) is 18.4. The van der Waals surface area contributed by atoms with Crippen LogP contribution in [-0.4, -0.2) is 60.7 Å². The molecule has 2 aromatic rings. The van der Waals surface area contributed by atoms with Gasteiger partial charge in [-0.2, -0.15) is 0 Å². The maximum absolute atomic E-state index is 13.0. The second kappa shape index (κ2) is 8.55. The van der Waals surface area contributed by atoms with Gasteiger partial charge in [0.05, 0.1) is 5.69 Å². The minimum absolute atomic E-state index is 0.0529. The highest BCUT2D eigenvalue weighted by atomic mass is 35.5. The van der Waals surface area contributed by atoms with Crippen molar-refractivity contribution < 1.29 is 14.7 Å². The van der Waals surface area contributed by atoms with Crippen molar-refractivity contribution in [3.05, 3.63) is 35.1 Å². The van der Waals surface area contributed by atoms with Crippen molar-refractivity contribution in [2.45, 2.75) is 58.2 Å². The molecule has 2 heterocycles. The molecule has 31 heavy (non-hydrogen) atoms. The summed E-state index contributed by atoms with van der Waals surface area (Å²) in [5.74, 6) is -0.411. The van der Waals surface area contributed by atoms with Crippen LogP contribution < -0.4 is 5.32 Å². The quantitative estimate of drug-likeness (QED) is 0.669. The Bertz CT molecular complexity index is 962. The summed E-state index contributed by atoms with van der Waals surface area (Å²) in [6, 6.07) is 4.66. The number of halogens is 1. The summed E-state index contributed by atoms with van der Waals surface area (Å²) in [6.45, 7) is 4.77. The highest BCUT2D eigenvalue weighted by Gasteiger charge is 2.44. The largest absolute Gasteiger partial charge is 0.383 e. The molecular formula is C21H27ClN6O3. The van der Waals surface area contributed by atoms with E-state index in [9.17, 15) is 14.7 Å². The van der Waals surface area contributed by atoms with Crippen molar-refractivity contribution >= 4 is 23.4 Å². The van der Waals surface area contributed by atoms with Gasteiger partial charge >= 0.3 is 0 Å². The Labute approximate surface area is 185 Å². The number of benzene rings is 1. The number of carbonyl (C=O) groups excluding carboxylic acids is 2. The zero-order chi connectivity index (χ0) is 22.2. The van der Waals surface area contributed by atoms with Gasteiger partial charge in [0.2, 0.25) is 5.91 Å². The van der Waals surface area contributed by atoms with Crippen LogP contribution in [0.1, 0.15) is 45.1 Å². The van der Waals surface area contributed by atoms with E-state index in [1.54, 1.807) is 18.2 Å². The predicted octanol–water partition coefficient (Wildman–Crippen LogP) is 1.72. The summed E-state index contributed by atoms with van der Waals surface area (Å²) in [5, 5.41) is 25.1. The third-order valence-corrected chi connectivity index (χ3v) is 6.50. The Morgan fingerprint density at radius 2 is 2.16 bits per heavy atom. The second-order valence-corrected chi connectivity index (χ2v) is 9.56. The molecule has 2 aliphatic rings. The molecule has 3 atom stereocenters. The fourth-order valence-electron chi connectivity index (χ4n) is 4.19. The van der Waals surface area contributed by atoms with Gasteiger partial charge in [0.1, 0.15) is 18.5 Å². The van der Waals surface area contributed by atoms with E-state index in [4.69, 9.17) is 11.6 Å². The van der Waals surface area contributed by atoms with Crippen molar-refractivity contribution in [1.82, 2.24) is 30.4 Å². The van der Waals surface area contributed by atoms with Crippen LogP contribution in [0.15, 0.2) is 24.5 Å². The molecule has 0 bridgehead atoms. The molecule has 10 heteroatoms. The lowest BCUT2D eigenvalue weighted by atomic mass is 10.00. The van der Waals surface area contributed by atoms with Crippen LogP contribution in [0, 0.1) is 11.3 Å². The van der Waals surface area contributed by atoms with Crippen molar-refractivity contribution in [2.24, 2.45) is 11.3 Å². The molecule has 1 aromatic heterocycles. The number of likely N-dealkylation sites (tertiary alicyclic amines) is 1. The number of hydrogen-bond acceptors (Lipinski definition) is 6. The molecule has 166 valence electrons. The molecule has 4 rings (SSSR count). The number of carbonyl (C=O) groups is 2. The number of hydrogen-bond donors (Lipinski definition) is 2. The molecule has 1 aliphatic carbocycles. The summed E-state index contributed by atoms with van der Waals surface area (Å²) in [4.78, 5) is 27.4. The Hall–Kier alpha value is -2.52. The lowest BCUT2D eigenvalue weighted by Gasteiger charge is -2.27. The molecule has 1 aromatic carbocycles. The molecule has 0 spiro atoms. The molecule has 1 aliphatic heterocycles. The van der Waals surface area contributed by atoms with E-state index in [0.717, 1.165) is 18.4 Å². The minimum Gasteiger partial charge on any atom is -0.383 e. The molecule has 1 saturated heterocycles. The van der Waals surface area contributed by atoms with Crippen LogP contribution in [0.4, 0.5) is 0 Å². The summed E-state index contributed by atoms with van der Waals surface area (Å²) >= 11 is 6.14. The molecule has 9 nitrogen and oxygen atoms in total. The number of nitrogens with zero attached hydrogens (tertiary/aromatic N) is 5. The van der Waals surface area contributed by atoms with E-state index in [1.807, 2.05) is 6.92 Å². The van der Waals surface area contributed by atoms with Crippen LogP contribution in [0.5, 0.6) is 0 Å². The van der Waals surface area contributed by atoms with E-state index >= 15 is 0 Å². The monoisotopic (exact) mass is 446 g/mol. The molecule has 2 N–H and O–H groups in total. The molecule has 0 unspecified atom stereocenters. The first-order chi connectivity index (χ1) is 14.8. The average Bonchev–Trinajstić information content (AvgIpc) is 3.12. The van der Waals surface area contributed by atoms with Gasteiger partial charge in [-0.1, -0.05) is 25.4 Å². The Balaban J connectivity index is 1.44. The van der Waals surface area contributed by atoms with Crippen LogP contribution >= 0.6 is 11.6 Å². The summed E-state index contributed by atoms with van der Waals surface area (Å²) in [7, 11) is 0. The third kappa shape index (κ3) is 4.88. The maximum atomic E-state index is 13.0. The molecule has 2 fully saturated rings. The first kappa shape index (κ1) is 21.7. The van der Waals surface area contributed by atoms with Gasteiger partial charge in [0, 0.05) is 18.1 Å². The highest BCUT2D eigenvalue weighted by molar-refractivity contribution is 6.30. The maximum Gasteiger partial charge on any atom is 0.252 e. The summed E-state index contributed by atoms with van der Waals surface area (Å²) in [5.41, 5.74) is 1.51. The van der Waals surface area contributed by atoms with Crippen LogP contribution in [0.25, 0.3) is 5.69 Å². The molecule has 0 radical (unpaired) electrons. The number of nitrogens with one attached hydrogen (secondary N) is 1.